The number of rotatable bonds is 12. The lowest BCUT2D eigenvalue weighted by molar-refractivity contribution is -0.129. The van der Waals surface area contributed by atoms with Crippen molar-refractivity contribution in [2.24, 2.45) is 11.8 Å². The first kappa shape index (κ1) is 50.9. The minimum absolute atomic E-state index is 0.0270. The molecule has 0 aliphatic carbocycles. The molecule has 2 atom stereocenters. The van der Waals surface area contributed by atoms with Crippen molar-refractivity contribution in [2.45, 2.75) is 44.8 Å². The highest BCUT2D eigenvalue weighted by Crippen LogP contribution is 2.45. The fraction of sp³-hybridized carbons (Fsp3) is 0.250. The van der Waals surface area contributed by atoms with Gasteiger partial charge < -0.3 is 15.0 Å². The summed E-state index contributed by atoms with van der Waals surface area (Å²) >= 11 is 0. The van der Waals surface area contributed by atoms with Crippen molar-refractivity contribution in [3.63, 3.8) is 0 Å². The molecule has 2 aliphatic heterocycles. The van der Waals surface area contributed by atoms with Gasteiger partial charge in [0.15, 0.2) is 0 Å². The van der Waals surface area contributed by atoms with Gasteiger partial charge in [-0.05, 0) is 118 Å². The van der Waals surface area contributed by atoms with Crippen molar-refractivity contribution in [3.05, 3.63) is 193 Å². The average molecular weight is 1020 g/mol. The molecule has 4 aromatic heterocycles. The molecule has 5 aromatic carbocycles. The number of aromatic amines is 1. The molecule has 76 heavy (non-hydrogen) atoms. The summed E-state index contributed by atoms with van der Waals surface area (Å²) in [7, 11) is 3.00. The molecule has 2 saturated heterocycles. The third-order valence-electron chi connectivity index (χ3n) is 13.8. The normalized spacial score (nSPS) is 15.6. The number of benzene rings is 5. The fourth-order valence-corrected chi connectivity index (χ4v) is 10.3. The molecule has 6 heterocycles. The van der Waals surface area contributed by atoms with E-state index in [9.17, 15) is 14.4 Å². The summed E-state index contributed by atoms with van der Waals surface area (Å²) in [6, 6.07) is 50.5. The van der Waals surface area contributed by atoms with Crippen LogP contribution in [-0.2, 0) is 29.5 Å². The highest BCUT2D eigenvalue weighted by molar-refractivity contribution is 6.01. The van der Waals surface area contributed by atoms with Gasteiger partial charge in [0.1, 0.15) is 22.5 Å². The number of fused-ring (bicyclic) bond motifs is 2. The smallest absolute Gasteiger partial charge is 0.410 e. The molecule has 386 valence electrons. The van der Waals surface area contributed by atoms with Crippen LogP contribution < -0.4 is 15.4 Å². The Kier molecular flexibility index (Phi) is 14.8. The van der Waals surface area contributed by atoms with Gasteiger partial charge in [0.05, 0.1) is 48.5 Å². The Bertz CT molecular complexity index is 3340. The largest absolute Gasteiger partial charge is 0.444 e. The lowest BCUT2D eigenvalue weighted by Crippen LogP contribution is -2.39. The molecule has 0 spiro atoms. The van der Waals surface area contributed by atoms with Crippen LogP contribution >= 0.6 is 0 Å². The Hall–Kier alpha value is -8.57. The molecule has 9 aromatic rings. The van der Waals surface area contributed by atoms with Crippen LogP contribution in [0.5, 0.6) is 0 Å². The third kappa shape index (κ3) is 10.2. The van der Waals surface area contributed by atoms with Gasteiger partial charge in [0.2, 0.25) is 0 Å². The number of amides is 3. The number of H-pyrrole nitrogens is 1. The summed E-state index contributed by atoms with van der Waals surface area (Å²) in [6.07, 6.45) is 7.89. The fourth-order valence-electron chi connectivity index (χ4n) is 10.3. The zero-order valence-corrected chi connectivity index (χ0v) is 43.2. The standard InChI is InChI=1S/C42H41N5O4.C18H19N5O2/c1-41(2,3)51-40(49)45-27-24-31(29-45)39(48)46(50-4)35-20-21-37-36(28-35)38(30-22-25-43-26-23-30)44-47(37)42(32-14-8-5-9-15-32,33-16-10-6-11-17-33)34-18-12-7-13-19-34;1-25-23(18(24)13-6-9-20-11-13)14-2-3-16-15(10-14)17(22-21-16)12-4-7-19-8-5-12/h5-23,25-26,28,31H,24,27,29H2,1-4H3;2-5,7-8,10,13,20H,6,9,11H2,1H3,(H,21,22). The Balaban J connectivity index is 0.000000219. The quantitative estimate of drug-likeness (QED) is 0.0881. The van der Waals surface area contributed by atoms with Crippen LogP contribution in [0.1, 0.15) is 50.3 Å². The number of pyridine rings is 2. The van der Waals surface area contributed by atoms with Crippen LogP contribution in [0.3, 0.4) is 0 Å². The van der Waals surface area contributed by atoms with Gasteiger partial charge in [-0.25, -0.2) is 9.48 Å². The molecule has 16 heteroatoms. The van der Waals surface area contributed by atoms with E-state index in [0.29, 0.717) is 30.9 Å². The molecule has 2 aliphatic rings. The first-order valence-electron chi connectivity index (χ1n) is 25.4. The molecule has 11 rings (SSSR count). The summed E-state index contributed by atoms with van der Waals surface area (Å²) in [6.45, 7) is 7.73. The Labute approximate surface area is 441 Å². The second kappa shape index (κ2) is 22.1. The molecule has 2 fully saturated rings. The zero-order chi connectivity index (χ0) is 52.8. The summed E-state index contributed by atoms with van der Waals surface area (Å²) in [4.78, 5) is 60.6. The number of carbonyl (C=O) groups is 3. The van der Waals surface area contributed by atoms with E-state index in [-0.39, 0.29) is 24.3 Å². The second-order valence-corrected chi connectivity index (χ2v) is 19.8. The summed E-state index contributed by atoms with van der Waals surface area (Å²) in [5, 5.41) is 20.6. The van der Waals surface area contributed by atoms with Crippen molar-refractivity contribution < 1.29 is 28.8 Å². The Morgan fingerprint density at radius 1 is 0.618 bits per heavy atom. The Morgan fingerprint density at radius 3 is 1.67 bits per heavy atom. The number of hydroxylamine groups is 2. The van der Waals surface area contributed by atoms with E-state index in [1.165, 1.54) is 24.3 Å². The van der Waals surface area contributed by atoms with Crippen LogP contribution in [0.2, 0.25) is 0 Å². The van der Waals surface area contributed by atoms with Crippen LogP contribution in [0.15, 0.2) is 176 Å². The molecule has 0 radical (unpaired) electrons. The first-order chi connectivity index (χ1) is 37.0. The van der Waals surface area contributed by atoms with Crippen molar-refractivity contribution in [2.75, 3.05) is 50.5 Å². The minimum Gasteiger partial charge on any atom is -0.444 e. The molecule has 3 amide bonds. The number of hydrogen-bond donors (Lipinski definition) is 2. The highest BCUT2D eigenvalue weighted by Gasteiger charge is 2.42. The van der Waals surface area contributed by atoms with Gasteiger partial charge in [-0.3, -0.25) is 34.3 Å². The van der Waals surface area contributed by atoms with Crippen LogP contribution in [0.4, 0.5) is 16.2 Å². The summed E-state index contributed by atoms with van der Waals surface area (Å²) in [5.74, 6) is -0.758. The van der Waals surface area contributed by atoms with E-state index in [0.717, 1.165) is 74.0 Å². The number of nitrogens with zero attached hydrogens (tertiary/aromatic N) is 8. The van der Waals surface area contributed by atoms with Crippen LogP contribution in [0, 0.1) is 11.8 Å². The summed E-state index contributed by atoms with van der Waals surface area (Å²) in [5.41, 5.74) is 8.08. The van der Waals surface area contributed by atoms with E-state index >= 15 is 0 Å². The lowest BCUT2D eigenvalue weighted by Gasteiger charge is -2.37. The van der Waals surface area contributed by atoms with E-state index in [1.807, 2.05) is 99.6 Å². The highest BCUT2D eigenvalue weighted by atomic mass is 16.7. The molecule has 0 bridgehead atoms. The van der Waals surface area contributed by atoms with Crippen molar-refractivity contribution in [3.8, 4) is 22.5 Å². The number of carbonyl (C=O) groups excluding carboxylic acids is 3. The number of nitrogens with one attached hydrogen (secondary N) is 2. The Morgan fingerprint density at radius 2 is 1.14 bits per heavy atom. The molecule has 0 saturated carbocycles. The molecule has 2 unspecified atom stereocenters. The molecule has 2 N–H and O–H groups in total. The maximum Gasteiger partial charge on any atom is 0.410 e. The number of likely N-dealkylation sites (tertiary alicyclic amines) is 1. The van der Waals surface area contributed by atoms with E-state index in [4.69, 9.17) is 19.5 Å². The zero-order valence-electron chi connectivity index (χ0n) is 43.2. The van der Waals surface area contributed by atoms with E-state index < -0.39 is 23.2 Å². The van der Waals surface area contributed by atoms with Crippen LogP contribution in [0.25, 0.3) is 44.3 Å². The number of anilines is 2. The van der Waals surface area contributed by atoms with E-state index in [2.05, 4.69) is 103 Å². The lowest BCUT2D eigenvalue weighted by atomic mass is 9.77. The SMILES string of the molecule is CON(C(=O)C1CCN(C(=O)OC(C)(C)C)C1)c1ccc2c(c1)c(-c1ccncc1)nn2C(c1ccccc1)(c1ccccc1)c1ccccc1.CON(C(=O)C1CCNC1)c1ccc2[nH]nc(-c3ccncc3)c2c1. The topological polar surface area (TPSA) is 173 Å². The van der Waals surface area contributed by atoms with Crippen molar-refractivity contribution >= 4 is 51.1 Å². The van der Waals surface area contributed by atoms with Gasteiger partial charge in [0, 0.05) is 66.3 Å². The van der Waals surface area contributed by atoms with E-state index in [1.54, 1.807) is 29.7 Å². The van der Waals surface area contributed by atoms with Crippen LogP contribution in [-0.4, -0.2) is 98.8 Å². The predicted molar refractivity (Wildman–Crippen MR) is 293 cm³/mol. The first-order valence-corrected chi connectivity index (χ1v) is 25.4. The molecule has 16 nitrogen and oxygen atoms in total. The number of ether oxygens (including phenoxy) is 1. The maximum atomic E-state index is 14.0. The van der Waals surface area contributed by atoms with Crippen molar-refractivity contribution in [1.29, 1.82) is 0 Å². The minimum atomic E-state index is -0.861. The van der Waals surface area contributed by atoms with Gasteiger partial charge in [0.25, 0.3) is 11.8 Å². The van der Waals surface area contributed by atoms with Crippen molar-refractivity contribution in [1.82, 2.24) is 40.2 Å². The predicted octanol–water partition coefficient (Wildman–Crippen LogP) is 10.2. The maximum absolute atomic E-state index is 14.0. The second-order valence-electron chi connectivity index (χ2n) is 19.8. The van der Waals surface area contributed by atoms with Gasteiger partial charge in [-0.2, -0.15) is 20.3 Å². The average Bonchev–Trinajstić information content (AvgIpc) is 4.35. The van der Waals surface area contributed by atoms with Gasteiger partial charge >= 0.3 is 6.09 Å². The van der Waals surface area contributed by atoms with Gasteiger partial charge in [-0.15, -0.1) is 0 Å². The molecular formula is C60H60N10O6. The third-order valence-corrected chi connectivity index (χ3v) is 13.8. The monoisotopic (exact) mass is 1020 g/mol. The number of aromatic nitrogens is 6. The molecular weight excluding hydrogens is 957 g/mol. The summed E-state index contributed by atoms with van der Waals surface area (Å²) < 4.78 is 7.67. The van der Waals surface area contributed by atoms with Gasteiger partial charge in [-0.1, -0.05) is 91.0 Å². The number of hydrogen-bond acceptors (Lipinski definition) is 11.